The molecule has 1 unspecified atom stereocenters. The number of hydrogen-bond donors (Lipinski definition) is 2. The van der Waals surface area contributed by atoms with Crippen LogP contribution in [0.1, 0.15) is 29.3 Å². The van der Waals surface area contributed by atoms with Gasteiger partial charge in [0, 0.05) is 12.0 Å². The van der Waals surface area contributed by atoms with Crippen molar-refractivity contribution >= 4 is 11.9 Å². The number of benzene rings is 1. The average molecular weight is 293 g/mol. The van der Waals surface area contributed by atoms with Crippen LogP contribution in [0, 0.1) is 17.7 Å². The zero-order valence-corrected chi connectivity index (χ0v) is 11.8. The molecule has 1 amide bonds. The van der Waals surface area contributed by atoms with Crippen LogP contribution in [-0.2, 0) is 9.53 Å². The molecule has 0 aliphatic rings. The highest BCUT2D eigenvalue weighted by molar-refractivity contribution is 5.98. The summed E-state index contributed by atoms with van der Waals surface area (Å²) in [4.78, 5) is 23.4. The summed E-state index contributed by atoms with van der Waals surface area (Å²) in [5.74, 6) is 3.58. The Kier molecular flexibility index (Phi) is 6.37. The summed E-state index contributed by atoms with van der Waals surface area (Å²) in [6.07, 6.45) is 0.218. The lowest BCUT2D eigenvalue weighted by molar-refractivity contribution is -0.142. The first-order chi connectivity index (χ1) is 9.99. The first-order valence-corrected chi connectivity index (χ1v) is 6.27. The molecule has 0 saturated carbocycles. The molecule has 1 atom stereocenters. The zero-order valence-electron chi connectivity index (χ0n) is 11.8. The highest BCUT2D eigenvalue weighted by atomic mass is 19.1. The molecule has 0 radical (unpaired) electrons. The number of hydrogen-bond acceptors (Lipinski definition) is 4. The number of methoxy groups -OCH3 is 1. The number of esters is 1. The van der Waals surface area contributed by atoms with E-state index in [9.17, 15) is 14.0 Å². The molecule has 0 aromatic heterocycles. The van der Waals surface area contributed by atoms with Crippen molar-refractivity contribution in [1.29, 1.82) is 0 Å². The van der Waals surface area contributed by atoms with E-state index in [0.29, 0.717) is 0 Å². The smallest absolute Gasteiger partial charge is 0.328 e. The van der Waals surface area contributed by atoms with Crippen LogP contribution in [-0.4, -0.2) is 36.7 Å². The van der Waals surface area contributed by atoms with E-state index in [1.807, 2.05) is 0 Å². The number of carbonyl (C=O) groups is 2. The maximum atomic E-state index is 13.2. The molecule has 1 rings (SSSR count). The minimum Gasteiger partial charge on any atom is -0.467 e. The average Bonchev–Trinajstić information content (AvgIpc) is 2.46. The Morgan fingerprint density at radius 1 is 1.48 bits per heavy atom. The van der Waals surface area contributed by atoms with Crippen LogP contribution < -0.4 is 5.32 Å². The summed E-state index contributed by atoms with van der Waals surface area (Å²) >= 11 is 0. The van der Waals surface area contributed by atoms with Gasteiger partial charge in [0.15, 0.2) is 0 Å². The number of ether oxygens (including phenoxy) is 1. The molecule has 112 valence electrons. The van der Waals surface area contributed by atoms with Crippen molar-refractivity contribution in [3.05, 3.63) is 35.1 Å². The molecule has 0 saturated heterocycles. The third-order valence-corrected chi connectivity index (χ3v) is 2.59. The van der Waals surface area contributed by atoms with Gasteiger partial charge >= 0.3 is 5.97 Å². The summed E-state index contributed by atoms with van der Waals surface area (Å²) in [7, 11) is 1.22. The van der Waals surface area contributed by atoms with Gasteiger partial charge in [-0.1, -0.05) is 11.8 Å². The van der Waals surface area contributed by atoms with Gasteiger partial charge in [-0.15, -0.1) is 0 Å². The Morgan fingerprint density at radius 2 is 2.19 bits per heavy atom. The van der Waals surface area contributed by atoms with Crippen molar-refractivity contribution in [2.45, 2.75) is 19.4 Å². The number of amides is 1. The van der Waals surface area contributed by atoms with Gasteiger partial charge in [-0.2, -0.15) is 0 Å². The van der Waals surface area contributed by atoms with E-state index in [1.165, 1.54) is 20.1 Å². The maximum Gasteiger partial charge on any atom is 0.328 e. The van der Waals surface area contributed by atoms with Crippen molar-refractivity contribution in [3.63, 3.8) is 0 Å². The summed E-state index contributed by atoms with van der Waals surface area (Å²) in [6.45, 7) is 1.35. The van der Waals surface area contributed by atoms with E-state index in [0.717, 1.165) is 12.1 Å². The van der Waals surface area contributed by atoms with Crippen LogP contribution in [0.4, 0.5) is 4.39 Å². The summed E-state index contributed by atoms with van der Waals surface area (Å²) in [5.41, 5.74) is 0.343. The van der Waals surface area contributed by atoms with Gasteiger partial charge in [0.2, 0.25) is 0 Å². The third kappa shape index (κ3) is 4.89. The summed E-state index contributed by atoms with van der Waals surface area (Å²) < 4.78 is 17.8. The van der Waals surface area contributed by atoms with Crippen LogP contribution >= 0.6 is 0 Å². The van der Waals surface area contributed by atoms with E-state index in [4.69, 9.17) is 5.11 Å². The van der Waals surface area contributed by atoms with Gasteiger partial charge in [-0.25, -0.2) is 9.18 Å². The molecule has 5 nitrogen and oxygen atoms in total. The predicted octanol–water partition coefficient (Wildman–Crippen LogP) is 0.851. The van der Waals surface area contributed by atoms with Crippen LogP contribution in [0.2, 0.25) is 0 Å². The number of halogens is 1. The van der Waals surface area contributed by atoms with E-state index >= 15 is 0 Å². The Labute approximate surface area is 122 Å². The first-order valence-electron chi connectivity index (χ1n) is 6.27. The monoisotopic (exact) mass is 293 g/mol. The molecular formula is C15H16FNO4. The summed E-state index contributed by atoms with van der Waals surface area (Å²) in [6, 6.07) is 2.72. The molecule has 2 N–H and O–H groups in total. The van der Waals surface area contributed by atoms with E-state index in [2.05, 4.69) is 21.9 Å². The van der Waals surface area contributed by atoms with E-state index in [-0.39, 0.29) is 24.2 Å². The molecule has 1 aromatic carbocycles. The molecular weight excluding hydrogens is 277 g/mol. The lowest BCUT2D eigenvalue weighted by Crippen LogP contribution is -2.39. The van der Waals surface area contributed by atoms with E-state index < -0.39 is 23.7 Å². The van der Waals surface area contributed by atoms with Crippen molar-refractivity contribution in [2.24, 2.45) is 0 Å². The van der Waals surface area contributed by atoms with Crippen molar-refractivity contribution < 1.29 is 23.8 Å². The van der Waals surface area contributed by atoms with Crippen LogP contribution in [0.15, 0.2) is 18.2 Å². The highest BCUT2D eigenvalue weighted by Gasteiger charge is 2.18. The normalized spacial score (nSPS) is 11.0. The Balaban J connectivity index is 2.99. The van der Waals surface area contributed by atoms with Crippen molar-refractivity contribution in [3.8, 4) is 11.8 Å². The van der Waals surface area contributed by atoms with E-state index in [1.54, 1.807) is 0 Å². The van der Waals surface area contributed by atoms with Gasteiger partial charge < -0.3 is 15.2 Å². The number of aliphatic hydroxyl groups is 1. The molecule has 21 heavy (non-hydrogen) atoms. The Morgan fingerprint density at radius 3 is 2.81 bits per heavy atom. The van der Waals surface area contributed by atoms with Gasteiger partial charge in [0.25, 0.3) is 5.91 Å². The Bertz CT molecular complexity index is 589. The van der Waals surface area contributed by atoms with Gasteiger partial charge in [0.05, 0.1) is 19.3 Å². The number of nitrogens with one attached hydrogen (secondary N) is 1. The fourth-order valence-corrected chi connectivity index (χ4v) is 1.54. The van der Waals surface area contributed by atoms with Crippen LogP contribution in [0.5, 0.6) is 0 Å². The summed E-state index contributed by atoms with van der Waals surface area (Å²) in [5, 5.41) is 11.1. The minimum atomic E-state index is -0.828. The highest BCUT2D eigenvalue weighted by Crippen LogP contribution is 2.11. The zero-order chi connectivity index (χ0) is 15.8. The number of carbonyl (C=O) groups excluding carboxylic acids is 2. The fourth-order valence-electron chi connectivity index (χ4n) is 1.54. The lowest BCUT2D eigenvalue weighted by Gasteiger charge is -2.12. The molecule has 0 aliphatic carbocycles. The molecule has 0 bridgehead atoms. The minimum absolute atomic E-state index is 0.122. The van der Waals surface area contributed by atoms with Gasteiger partial charge in [-0.05, 0) is 25.1 Å². The molecule has 6 heteroatoms. The lowest BCUT2D eigenvalue weighted by atomic mass is 10.1. The quantitative estimate of drug-likeness (QED) is 0.637. The largest absolute Gasteiger partial charge is 0.467 e. The maximum absolute atomic E-state index is 13.2. The fraction of sp³-hybridized carbons (Fsp3) is 0.333. The molecule has 0 aliphatic heterocycles. The molecule has 0 fully saturated rings. The van der Waals surface area contributed by atoms with Gasteiger partial charge in [0.1, 0.15) is 11.9 Å². The topological polar surface area (TPSA) is 75.6 Å². The molecule has 0 spiro atoms. The van der Waals surface area contributed by atoms with Gasteiger partial charge in [-0.3, -0.25) is 4.79 Å². The number of rotatable bonds is 4. The first kappa shape index (κ1) is 16.7. The second-order valence-electron chi connectivity index (χ2n) is 4.18. The van der Waals surface area contributed by atoms with Crippen LogP contribution in [0.25, 0.3) is 0 Å². The third-order valence-electron chi connectivity index (χ3n) is 2.59. The second-order valence-corrected chi connectivity index (χ2v) is 4.18. The van der Waals surface area contributed by atoms with Crippen LogP contribution in [0.3, 0.4) is 0 Å². The SMILES string of the molecule is COC(=O)C(C)NC(=O)c1ccc(F)cc1C#CCCO. The second kappa shape index (κ2) is 8.02. The predicted molar refractivity (Wildman–Crippen MR) is 73.9 cm³/mol. The number of aliphatic hydroxyl groups excluding tert-OH is 1. The van der Waals surface area contributed by atoms with Crippen molar-refractivity contribution in [2.75, 3.05) is 13.7 Å². The standard InChI is InChI=1S/C15H16FNO4/c1-10(15(20)21-2)17-14(19)13-7-6-12(16)9-11(13)5-3-4-8-18/h6-7,9-10,18H,4,8H2,1-2H3,(H,17,19). The molecule has 1 aromatic rings. The van der Waals surface area contributed by atoms with Crippen molar-refractivity contribution in [1.82, 2.24) is 5.32 Å². The Hall–Kier alpha value is -2.39. The molecule has 0 heterocycles.